The van der Waals surface area contributed by atoms with Gasteiger partial charge in [0.25, 0.3) is 0 Å². The molecule has 1 amide bonds. The third-order valence-corrected chi connectivity index (χ3v) is 6.55. The molecule has 0 bridgehead atoms. The van der Waals surface area contributed by atoms with Crippen LogP contribution in [0.2, 0.25) is 0 Å². The first kappa shape index (κ1) is 21.7. The lowest BCUT2D eigenvalue weighted by Crippen LogP contribution is -2.50. The van der Waals surface area contributed by atoms with Crippen LogP contribution in [0, 0.1) is 13.8 Å². The average molecular weight is 417 g/mol. The summed E-state index contributed by atoms with van der Waals surface area (Å²) in [6, 6.07) is 6.29. The Morgan fingerprint density at radius 3 is 2.41 bits per heavy atom. The second kappa shape index (κ2) is 10.2. The maximum Gasteiger partial charge on any atom is 0.234 e. The molecule has 0 unspecified atom stereocenters. The number of aromatic nitrogens is 1. The van der Waals surface area contributed by atoms with Gasteiger partial charge in [0.05, 0.1) is 13.1 Å². The van der Waals surface area contributed by atoms with Gasteiger partial charge in [0.15, 0.2) is 5.78 Å². The van der Waals surface area contributed by atoms with Gasteiger partial charge in [-0.15, -0.1) is 11.3 Å². The van der Waals surface area contributed by atoms with Crippen molar-refractivity contribution in [1.29, 1.82) is 0 Å². The highest BCUT2D eigenvalue weighted by molar-refractivity contribution is 7.09. The molecule has 2 aromatic heterocycles. The lowest BCUT2D eigenvalue weighted by Gasteiger charge is -2.33. The van der Waals surface area contributed by atoms with Crippen LogP contribution in [-0.2, 0) is 17.8 Å². The summed E-state index contributed by atoms with van der Waals surface area (Å²) in [5.41, 5.74) is 3.06. The van der Waals surface area contributed by atoms with Crippen molar-refractivity contribution in [3.05, 3.63) is 45.4 Å². The van der Waals surface area contributed by atoms with Crippen LogP contribution in [0.3, 0.4) is 0 Å². The van der Waals surface area contributed by atoms with Crippen molar-refractivity contribution in [1.82, 2.24) is 19.7 Å². The fourth-order valence-corrected chi connectivity index (χ4v) is 4.65. The molecule has 0 atom stereocenters. The van der Waals surface area contributed by atoms with Gasteiger partial charge in [-0.3, -0.25) is 19.4 Å². The second-order valence-corrected chi connectivity index (χ2v) is 8.73. The van der Waals surface area contributed by atoms with Gasteiger partial charge in [0.2, 0.25) is 5.91 Å². The van der Waals surface area contributed by atoms with Gasteiger partial charge in [0, 0.05) is 61.1 Å². The monoisotopic (exact) mass is 416 g/mol. The second-order valence-electron chi connectivity index (χ2n) is 7.69. The van der Waals surface area contributed by atoms with Crippen molar-refractivity contribution < 1.29 is 9.59 Å². The van der Waals surface area contributed by atoms with Crippen LogP contribution in [0.5, 0.6) is 0 Å². The molecular weight excluding hydrogens is 384 g/mol. The normalized spacial score (nSPS) is 15.6. The lowest BCUT2D eigenvalue weighted by atomic mass is 10.1. The van der Waals surface area contributed by atoms with Gasteiger partial charge in [-0.2, -0.15) is 0 Å². The van der Waals surface area contributed by atoms with E-state index in [4.69, 9.17) is 0 Å². The number of Topliss-reactive ketones (excluding diaryl/α,β-unsaturated/α-hetero) is 1. The van der Waals surface area contributed by atoms with Gasteiger partial charge in [-0.05, 0) is 44.7 Å². The summed E-state index contributed by atoms with van der Waals surface area (Å²) >= 11 is 1.78. The van der Waals surface area contributed by atoms with E-state index in [1.807, 2.05) is 13.0 Å². The highest BCUT2D eigenvalue weighted by Crippen LogP contribution is 2.19. The molecule has 0 radical (unpaired) electrons. The fraction of sp³-hybridized carbons (Fsp3) is 0.545. The Bertz CT molecular complexity index is 820. The minimum atomic E-state index is 0.0759. The quantitative estimate of drug-likeness (QED) is 0.638. The van der Waals surface area contributed by atoms with Crippen molar-refractivity contribution in [3.63, 3.8) is 0 Å². The number of piperazine rings is 1. The number of aryl methyl sites for hydroxylation is 2. The summed E-state index contributed by atoms with van der Waals surface area (Å²) in [4.78, 5) is 30.4. The first-order valence-corrected chi connectivity index (χ1v) is 11.3. The van der Waals surface area contributed by atoms with Crippen LogP contribution in [0.15, 0.2) is 23.6 Å². The van der Waals surface area contributed by atoms with Crippen molar-refractivity contribution in [3.8, 4) is 0 Å². The Morgan fingerprint density at radius 1 is 1.10 bits per heavy atom. The lowest BCUT2D eigenvalue weighted by molar-refractivity contribution is -0.122. The van der Waals surface area contributed by atoms with E-state index in [-0.39, 0.29) is 11.7 Å². The van der Waals surface area contributed by atoms with E-state index in [2.05, 4.69) is 51.0 Å². The Kier molecular flexibility index (Phi) is 7.64. The molecule has 0 aromatic carbocycles. The number of nitrogens with one attached hydrogen (secondary N) is 1. The van der Waals surface area contributed by atoms with Crippen LogP contribution >= 0.6 is 11.3 Å². The zero-order valence-corrected chi connectivity index (χ0v) is 18.6. The molecule has 158 valence electrons. The molecule has 0 saturated carbocycles. The largest absolute Gasteiger partial charge is 0.355 e. The molecule has 3 heterocycles. The smallest absolute Gasteiger partial charge is 0.234 e. The van der Waals surface area contributed by atoms with Gasteiger partial charge < -0.3 is 9.88 Å². The maximum absolute atomic E-state index is 12.9. The van der Waals surface area contributed by atoms with E-state index in [9.17, 15) is 9.59 Å². The summed E-state index contributed by atoms with van der Waals surface area (Å²) < 4.78 is 2.26. The predicted molar refractivity (Wildman–Crippen MR) is 118 cm³/mol. The molecule has 3 rings (SSSR count). The van der Waals surface area contributed by atoms with E-state index < -0.39 is 0 Å². The number of likely N-dealkylation sites (N-methyl/N-ethyl adjacent to an activating group) is 1. The molecule has 1 fully saturated rings. The van der Waals surface area contributed by atoms with Crippen LogP contribution < -0.4 is 5.32 Å². The predicted octanol–water partition coefficient (Wildman–Crippen LogP) is 2.35. The molecule has 6 nitrogen and oxygen atoms in total. The molecular formula is C22H32N4O2S. The Morgan fingerprint density at radius 2 is 1.79 bits per heavy atom. The minimum absolute atomic E-state index is 0.0759. The van der Waals surface area contributed by atoms with E-state index in [1.54, 1.807) is 11.3 Å². The Labute approximate surface area is 177 Å². The molecule has 1 aliphatic heterocycles. The fourth-order valence-electron chi connectivity index (χ4n) is 3.95. The molecule has 2 aromatic rings. The van der Waals surface area contributed by atoms with Crippen molar-refractivity contribution in [2.75, 3.05) is 45.8 Å². The van der Waals surface area contributed by atoms with Crippen molar-refractivity contribution in [2.24, 2.45) is 0 Å². The van der Waals surface area contributed by atoms with E-state index in [1.165, 1.54) is 4.88 Å². The van der Waals surface area contributed by atoms with Crippen LogP contribution in [0.25, 0.3) is 0 Å². The van der Waals surface area contributed by atoms with Crippen molar-refractivity contribution in [2.45, 2.75) is 33.7 Å². The minimum Gasteiger partial charge on any atom is -0.355 e. The van der Waals surface area contributed by atoms with E-state index in [0.29, 0.717) is 19.6 Å². The first-order chi connectivity index (χ1) is 14.0. The number of nitrogens with zero attached hydrogens (tertiary/aromatic N) is 3. The number of amides is 1. The Balaban J connectivity index is 1.52. The highest BCUT2D eigenvalue weighted by Gasteiger charge is 2.23. The molecule has 0 spiro atoms. The van der Waals surface area contributed by atoms with Gasteiger partial charge in [0.1, 0.15) is 0 Å². The molecule has 7 heteroatoms. The van der Waals surface area contributed by atoms with Gasteiger partial charge in [-0.25, -0.2) is 0 Å². The Hall–Kier alpha value is -1.96. The number of rotatable bonds is 9. The summed E-state index contributed by atoms with van der Waals surface area (Å²) in [5, 5.41) is 4.95. The van der Waals surface area contributed by atoms with Crippen LogP contribution in [-0.4, -0.2) is 71.9 Å². The summed E-state index contributed by atoms with van der Waals surface area (Å²) in [6.07, 6.45) is 0.995. The van der Waals surface area contributed by atoms with Crippen LogP contribution in [0.4, 0.5) is 0 Å². The standard InChI is InChI=1S/C22H32N4O2S/c1-4-23-22(28)16-25-11-9-24(10-12-25)15-21(27)20-14-17(2)26(18(20)3)8-7-19-6-5-13-29-19/h5-6,13-14H,4,7-12,15-16H2,1-3H3,(H,23,28). The zero-order valence-electron chi connectivity index (χ0n) is 17.7. The number of hydrogen-bond donors (Lipinski definition) is 1. The van der Waals surface area contributed by atoms with Crippen molar-refractivity contribution >= 4 is 23.0 Å². The number of thiophene rings is 1. The van der Waals surface area contributed by atoms with Crippen LogP contribution in [0.1, 0.15) is 33.5 Å². The number of carbonyl (C=O) groups excluding carboxylic acids is 2. The molecule has 29 heavy (non-hydrogen) atoms. The third-order valence-electron chi connectivity index (χ3n) is 5.61. The van der Waals surface area contributed by atoms with E-state index >= 15 is 0 Å². The maximum atomic E-state index is 12.9. The summed E-state index contributed by atoms with van der Waals surface area (Å²) in [6.45, 7) is 11.8. The van der Waals surface area contributed by atoms with E-state index in [0.717, 1.165) is 56.1 Å². The summed E-state index contributed by atoms with van der Waals surface area (Å²) in [7, 11) is 0. The molecule has 0 aliphatic carbocycles. The molecule has 1 N–H and O–H groups in total. The highest BCUT2D eigenvalue weighted by atomic mass is 32.1. The SMILES string of the molecule is CCNC(=O)CN1CCN(CC(=O)c2cc(C)n(CCc3cccs3)c2C)CC1. The average Bonchev–Trinajstić information content (AvgIpc) is 3.30. The van der Waals surface area contributed by atoms with Gasteiger partial charge >= 0.3 is 0 Å². The molecule has 1 aliphatic rings. The third kappa shape index (κ3) is 5.78. The zero-order chi connectivity index (χ0) is 20.8. The number of carbonyl (C=O) groups is 2. The topological polar surface area (TPSA) is 57.6 Å². The van der Waals surface area contributed by atoms with Gasteiger partial charge in [-0.1, -0.05) is 6.07 Å². The molecule has 1 saturated heterocycles. The summed E-state index contributed by atoms with van der Waals surface area (Å²) in [5.74, 6) is 0.268. The number of hydrogen-bond acceptors (Lipinski definition) is 5. The first-order valence-electron chi connectivity index (χ1n) is 10.4. The number of ketones is 1.